The third-order valence-electron chi connectivity index (χ3n) is 4.32. The number of hydrogen-bond donors (Lipinski definition) is 0. The molecule has 114 valence electrons. The number of hydrogen-bond acceptors (Lipinski definition) is 2. The highest BCUT2D eigenvalue weighted by Gasteiger charge is 2.47. The molecule has 0 saturated heterocycles. The fourth-order valence-electron chi connectivity index (χ4n) is 3.41. The van der Waals surface area contributed by atoms with Crippen LogP contribution in [0.4, 0.5) is 5.69 Å². The molecule has 3 nitrogen and oxygen atoms in total. The van der Waals surface area contributed by atoms with E-state index < -0.39 is 5.41 Å². The number of carbonyl (C=O) groups is 1. The van der Waals surface area contributed by atoms with E-state index >= 15 is 0 Å². The number of para-hydroxylation sites is 1. The van der Waals surface area contributed by atoms with E-state index in [1.165, 1.54) is 0 Å². The minimum Gasteiger partial charge on any atom is -0.308 e. The fraction of sp³-hybridized carbons (Fsp3) is 0.316. The average Bonchev–Trinajstić information content (AvgIpc) is 2.70. The van der Waals surface area contributed by atoms with Crippen molar-refractivity contribution in [1.29, 1.82) is 0 Å². The topological polar surface area (TPSA) is 23.6 Å². The summed E-state index contributed by atoms with van der Waals surface area (Å²) >= 11 is 0. The van der Waals surface area contributed by atoms with Gasteiger partial charge in [-0.1, -0.05) is 48.5 Å². The van der Waals surface area contributed by atoms with Crippen LogP contribution in [0.5, 0.6) is 0 Å². The Morgan fingerprint density at radius 1 is 1.00 bits per heavy atom. The lowest BCUT2D eigenvalue weighted by molar-refractivity contribution is -0.123. The Morgan fingerprint density at radius 2 is 1.64 bits per heavy atom. The molecule has 2 aromatic carbocycles. The van der Waals surface area contributed by atoms with Crippen LogP contribution in [-0.4, -0.2) is 31.4 Å². The van der Waals surface area contributed by atoms with Crippen LogP contribution in [0.3, 0.4) is 0 Å². The molecule has 0 bridgehead atoms. The molecule has 1 unspecified atom stereocenters. The summed E-state index contributed by atoms with van der Waals surface area (Å²) in [6.07, 6.45) is 0. The number of amides is 1. The van der Waals surface area contributed by atoms with Crippen molar-refractivity contribution in [1.82, 2.24) is 4.90 Å². The smallest absolute Gasteiger partial charge is 0.239 e. The van der Waals surface area contributed by atoms with Crippen molar-refractivity contribution in [3.8, 4) is 0 Å². The minimum absolute atomic E-state index is 0.186. The highest BCUT2D eigenvalue weighted by atomic mass is 16.2. The SMILES string of the molecule is CN(C)CC1(C)C(=O)N(Cc2ccccc2)c2ccccc21. The van der Waals surface area contributed by atoms with Gasteiger partial charge in [-0.05, 0) is 38.2 Å². The van der Waals surface area contributed by atoms with Gasteiger partial charge >= 0.3 is 0 Å². The first kappa shape index (κ1) is 14.8. The first-order chi connectivity index (χ1) is 10.5. The summed E-state index contributed by atoms with van der Waals surface area (Å²) in [4.78, 5) is 17.1. The molecule has 3 heteroatoms. The third kappa shape index (κ3) is 2.42. The third-order valence-corrected chi connectivity index (χ3v) is 4.32. The van der Waals surface area contributed by atoms with E-state index in [2.05, 4.69) is 36.1 Å². The fourth-order valence-corrected chi connectivity index (χ4v) is 3.41. The zero-order valence-corrected chi connectivity index (χ0v) is 13.4. The van der Waals surface area contributed by atoms with Gasteiger partial charge in [0.25, 0.3) is 0 Å². The lowest BCUT2D eigenvalue weighted by Gasteiger charge is -2.27. The van der Waals surface area contributed by atoms with Gasteiger partial charge in [0.05, 0.1) is 12.0 Å². The summed E-state index contributed by atoms with van der Waals surface area (Å²) < 4.78 is 0. The molecule has 0 saturated carbocycles. The van der Waals surface area contributed by atoms with Crippen molar-refractivity contribution in [2.45, 2.75) is 18.9 Å². The Balaban J connectivity index is 2.01. The predicted molar refractivity (Wildman–Crippen MR) is 90.0 cm³/mol. The van der Waals surface area contributed by atoms with Gasteiger partial charge in [-0.2, -0.15) is 0 Å². The number of likely N-dealkylation sites (N-methyl/N-ethyl adjacent to an activating group) is 1. The Kier molecular flexibility index (Phi) is 3.75. The highest BCUT2D eigenvalue weighted by molar-refractivity contribution is 6.08. The monoisotopic (exact) mass is 294 g/mol. The summed E-state index contributed by atoms with van der Waals surface area (Å²) in [5.74, 6) is 0.186. The van der Waals surface area contributed by atoms with E-state index in [4.69, 9.17) is 0 Å². The largest absolute Gasteiger partial charge is 0.308 e. The molecule has 1 amide bonds. The van der Waals surface area contributed by atoms with Crippen LogP contribution in [-0.2, 0) is 16.8 Å². The van der Waals surface area contributed by atoms with Crippen molar-refractivity contribution in [3.63, 3.8) is 0 Å². The van der Waals surface area contributed by atoms with E-state index in [1.807, 2.05) is 49.3 Å². The zero-order valence-electron chi connectivity index (χ0n) is 13.4. The number of benzene rings is 2. The molecule has 0 radical (unpaired) electrons. The molecule has 0 aromatic heterocycles. The maximum absolute atomic E-state index is 13.1. The first-order valence-corrected chi connectivity index (χ1v) is 7.62. The molecule has 1 aliphatic heterocycles. The lowest BCUT2D eigenvalue weighted by atomic mass is 9.83. The Morgan fingerprint density at radius 3 is 2.32 bits per heavy atom. The molecule has 1 aliphatic rings. The van der Waals surface area contributed by atoms with E-state index in [1.54, 1.807) is 0 Å². The number of anilines is 1. The van der Waals surface area contributed by atoms with Crippen LogP contribution in [0.15, 0.2) is 54.6 Å². The van der Waals surface area contributed by atoms with Gasteiger partial charge in [-0.3, -0.25) is 4.79 Å². The number of rotatable bonds is 4. The maximum atomic E-state index is 13.1. The van der Waals surface area contributed by atoms with Gasteiger partial charge in [-0.15, -0.1) is 0 Å². The summed E-state index contributed by atoms with van der Waals surface area (Å²) in [7, 11) is 4.03. The van der Waals surface area contributed by atoms with Gasteiger partial charge in [0.15, 0.2) is 0 Å². The van der Waals surface area contributed by atoms with E-state index in [0.29, 0.717) is 13.1 Å². The number of fused-ring (bicyclic) bond motifs is 1. The van der Waals surface area contributed by atoms with Crippen molar-refractivity contribution >= 4 is 11.6 Å². The first-order valence-electron chi connectivity index (χ1n) is 7.62. The highest BCUT2D eigenvalue weighted by Crippen LogP contribution is 2.42. The predicted octanol–water partition coefficient (Wildman–Crippen LogP) is 3.05. The molecule has 0 spiro atoms. The summed E-state index contributed by atoms with van der Waals surface area (Å²) in [5.41, 5.74) is 2.85. The standard InChI is InChI=1S/C19H22N2O/c1-19(14-20(2)3)16-11-7-8-12-17(16)21(18(19)22)13-15-9-5-4-6-10-15/h4-12H,13-14H2,1-3H3. The van der Waals surface area contributed by atoms with Gasteiger partial charge in [-0.25, -0.2) is 0 Å². The van der Waals surface area contributed by atoms with Crippen LogP contribution in [0.25, 0.3) is 0 Å². The second-order valence-electron chi connectivity index (χ2n) is 6.46. The molecule has 3 rings (SSSR count). The van der Waals surface area contributed by atoms with E-state index in [0.717, 1.165) is 16.8 Å². The van der Waals surface area contributed by atoms with Crippen molar-refractivity contribution in [2.75, 3.05) is 25.5 Å². The van der Waals surface area contributed by atoms with Crippen LogP contribution in [0.1, 0.15) is 18.1 Å². The molecule has 0 fully saturated rings. The van der Waals surface area contributed by atoms with Gasteiger partial charge in [0.2, 0.25) is 5.91 Å². The Bertz CT molecular complexity index is 681. The minimum atomic E-state index is -0.477. The lowest BCUT2D eigenvalue weighted by Crippen LogP contribution is -2.44. The molecule has 2 aromatic rings. The number of carbonyl (C=O) groups excluding carboxylic acids is 1. The van der Waals surface area contributed by atoms with Gasteiger partial charge < -0.3 is 9.80 Å². The Hall–Kier alpha value is -2.13. The molecular weight excluding hydrogens is 272 g/mol. The van der Waals surface area contributed by atoms with Crippen LogP contribution >= 0.6 is 0 Å². The molecule has 0 N–H and O–H groups in total. The molecule has 1 atom stereocenters. The van der Waals surface area contributed by atoms with Crippen LogP contribution in [0.2, 0.25) is 0 Å². The second-order valence-corrected chi connectivity index (χ2v) is 6.46. The van der Waals surface area contributed by atoms with Crippen LogP contribution in [0, 0.1) is 0 Å². The second kappa shape index (κ2) is 5.58. The van der Waals surface area contributed by atoms with Gasteiger partial charge in [0.1, 0.15) is 0 Å². The van der Waals surface area contributed by atoms with Gasteiger partial charge in [0, 0.05) is 12.2 Å². The molecule has 1 heterocycles. The summed E-state index contributed by atoms with van der Waals surface area (Å²) in [6, 6.07) is 18.3. The maximum Gasteiger partial charge on any atom is 0.239 e. The van der Waals surface area contributed by atoms with Crippen molar-refractivity contribution in [2.24, 2.45) is 0 Å². The van der Waals surface area contributed by atoms with E-state index in [9.17, 15) is 4.79 Å². The van der Waals surface area contributed by atoms with Crippen molar-refractivity contribution < 1.29 is 4.79 Å². The quantitative estimate of drug-likeness (QED) is 0.865. The molecular formula is C19H22N2O. The summed E-state index contributed by atoms with van der Waals surface area (Å²) in [6.45, 7) is 3.40. The van der Waals surface area contributed by atoms with E-state index in [-0.39, 0.29) is 5.91 Å². The van der Waals surface area contributed by atoms with Crippen molar-refractivity contribution in [3.05, 3.63) is 65.7 Å². The molecule has 0 aliphatic carbocycles. The summed E-state index contributed by atoms with van der Waals surface area (Å²) in [5, 5.41) is 0. The Labute approximate surface area is 132 Å². The zero-order chi connectivity index (χ0) is 15.7. The van der Waals surface area contributed by atoms with Crippen LogP contribution < -0.4 is 4.90 Å². The average molecular weight is 294 g/mol. The molecule has 22 heavy (non-hydrogen) atoms. The normalized spacial score (nSPS) is 20.5. The number of nitrogens with zero attached hydrogens (tertiary/aromatic N) is 2.